The number of aromatic nitrogens is 1. The third-order valence-electron chi connectivity index (χ3n) is 2.52. The topological polar surface area (TPSA) is 56.0 Å². The van der Waals surface area contributed by atoms with Crippen LogP contribution in [-0.4, -0.2) is 10.8 Å². The number of pyridine rings is 1. The van der Waals surface area contributed by atoms with E-state index in [-0.39, 0.29) is 11.6 Å². The monoisotopic (exact) mass is 290 g/mol. The van der Waals surface area contributed by atoms with Gasteiger partial charge in [0, 0.05) is 16.2 Å². The summed E-state index contributed by atoms with van der Waals surface area (Å²) < 4.78 is 0.950. The molecule has 3 nitrogen and oxygen atoms in total. The highest BCUT2D eigenvalue weighted by atomic mass is 79.9. The predicted molar refractivity (Wildman–Crippen MR) is 71.0 cm³/mol. The Morgan fingerprint density at radius 1 is 1.29 bits per heavy atom. The fraction of sp³-hybridized carbons (Fsp3) is 0.0769. The molecule has 0 amide bonds. The molecular formula is C13H11BrN2O. The highest BCUT2D eigenvalue weighted by molar-refractivity contribution is 9.10. The molecule has 0 bridgehead atoms. The molecular weight excluding hydrogens is 280 g/mol. The van der Waals surface area contributed by atoms with Gasteiger partial charge < -0.3 is 5.73 Å². The Morgan fingerprint density at radius 3 is 2.71 bits per heavy atom. The number of ketones is 1. The summed E-state index contributed by atoms with van der Waals surface area (Å²) in [6.45, 7) is 1.89. The molecule has 0 aliphatic rings. The molecule has 0 aliphatic carbocycles. The lowest BCUT2D eigenvalue weighted by Crippen LogP contribution is -2.08. The second-order valence-electron chi connectivity index (χ2n) is 3.72. The van der Waals surface area contributed by atoms with E-state index >= 15 is 0 Å². The first-order valence-corrected chi connectivity index (χ1v) is 5.90. The van der Waals surface area contributed by atoms with Gasteiger partial charge in [0.2, 0.25) is 0 Å². The molecule has 2 aromatic rings. The van der Waals surface area contributed by atoms with Crippen molar-refractivity contribution in [2.75, 3.05) is 5.73 Å². The number of anilines is 1. The van der Waals surface area contributed by atoms with Crippen molar-refractivity contribution in [3.05, 3.63) is 57.7 Å². The van der Waals surface area contributed by atoms with Crippen molar-refractivity contribution in [2.24, 2.45) is 0 Å². The van der Waals surface area contributed by atoms with Crippen molar-refractivity contribution in [1.29, 1.82) is 0 Å². The minimum atomic E-state index is -0.0967. The molecule has 0 unspecified atom stereocenters. The number of hydrogen-bond donors (Lipinski definition) is 1. The van der Waals surface area contributed by atoms with E-state index in [1.807, 2.05) is 19.1 Å². The predicted octanol–water partition coefficient (Wildman–Crippen LogP) is 2.97. The largest absolute Gasteiger partial charge is 0.383 e. The van der Waals surface area contributed by atoms with Crippen molar-refractivity contribution in [2.45, 2.75) is 6.92 Å². The van der Waals surface area contributed by atoms with Crippen molar-refractivity contribution >= 4 is 27.5 Å². The molecule has 1 aromatic carbocycles. The second-order valence-corrected chi connectivity index (χ2v) is 4.64. The van der Waals surface area contributed by atoms with Gasteiger partial charge in [-0.25, -0.2) is 4.98 Å². The van der Waals surface area contributed by atoms with E-state index in [0.29, 0.717) is 11.1 Å². The number of halogens is 1. The lowest BCUT2D eigenvalue weighted by Gasteiger charge is -2.07. The van der Waals surface area contributed by atoms with Gasteiger partial charge in [0.25, 0.3) is 0 Å². The van der Waals surface area contributed by atoms with E-state index in [0.717, 1.165) is 10.0 Å². The van der Waals surface area contributed by atoms with Gasteiger partial charge in [-0.3, -0.25) is 4.79 Å². The summed E-state index contributed by atoms with van der Waals surface area (Å²) in [5.74, 6) is 0.167. The maximum absolute atomic E-state index is 12.3. The first-order valence-electron chi connectivity index (χ1n) is 5.11. The molecule has 0 saturated heterocycles. The maximum atomic E-state index is 12.3. The lowest BCUT2D eigenvalue weighted by molar-refractivity contribution is 0.103. The number of carbonyl (C=O) groups excluding carboxylic acids is 1. The Labute approximate surface area is 108 Å². The lowest BCUT2D eigenvalue weighted by atomic mass is 10.00. The van der Waals surface area contributed by atoms with Crippen LogP contribution in [0.3, 0.4) is 0 Å². The molecule has 0 saturated carbocycles. The zero-order valence-corrected chi connectivity index (χ0v) is 10.9. The van der Waals surface area contributed by atoms with E-state index in [4.69, 9.17) is 5.73 Å². The van der Waals surface area contributed by atoms with Gasteiger partial charge in [-0.1, -0.05) is 15.9 Å². The third-order valence-corrected chi connectivity index (χ3v) is 3.01. The van der Waals surface area contributed by atoms with Crippen LogP contribution in [-0.2, 0) is 0 Å². The standard InChI is InChI=1S/C13H11BrN2O/c1-8-7-9(14)4-5-10(8)12(17)11-3-2-6-16-13(11)15/h2-7H,1H3,(H2,15,16). The molecule has 17 heavy (non-hydrogen) atoms. The van der Waals surface area contributed by atoms with Crippen LogP contribution < -0.4 is 5.73 Å². The number of nitrogen functional groups attached to an aromatic ring is 1. The summed E-state index contributed by atoms with van der Waals surface area (Å²) in [4.78, 5) is 16.2. The Balaban J connectivity index is 2.48. The van der Waals surface area contributed by atoms with Crippen LogP contribution in [0, 0.1) is 6.92 Å². The molecule has 0 fully saturated rings. The third kappa shape index (κ3) is 2.36. The zero-order valence-electron chi connectivity index (χ0n) is 9.27. The molecule has 4 heteroatoms. The van der Waals surface area contributed by atoms with Gasteiger partial charge in [-0.2, -0.15) is 0 Å². The first-order chi connectivity index (χ1) is 8.09. The quantitative estimate of drug-likeness (QED) is 0.865. The fourth-order valence-corrected chi connectivity index (χ4v) is 2.11. The summed E-state index contributed by atoms with van der Waals surface area (Å²) in [6.07, 6.45) is 1.57. The summed E-state index contributed by atoms with van der Waals surface area (Å²) in [5, 5.41) is 0. The summed E-state index contributed by atoms with van der Waals surface area (Å²) >= 11 is 3.37. The van der Waals surface area contributed by atoms with Gasteiger partial charge in [-0.15, -0.1) is 0 Å². The normalized spacial score (nSPS) is 10.2. The van der Waals surface area contributed by atoms with Gasteiger partial charge >= 0.3 is 0 Å². The molecule has 2 N–H and O–H groups in total. The highest BCUT2D eigenvalue weighted by Gasteiger charge is 2.14. The van der Waals surface area contributed by atoms with Crippen molar-refractivity contribution in [1.82, 2.24) is 4.98 Å². The average Bonchev–Trinajstić information content (AvgIpc) is 2.29. The van der Waals surface area contributed by atoms with Crippen LogP contribution in [0.2, 0.25) is 0 Å². The van der Waals surface area contributed by atoms with E-state index in [2.05, 4.69) is 20.9 Å². The summed E-state index contributed by atoms with van der Waals surface area (Å²) in [6, 6.07) is 8.92. The van der Waals surface area contributed by atoms with Crippen LogP contribution in [0.15, 0.2) is 41.0 Å². The Morgan fingerprint density at radius 2 is 2.06 bits per heavy atom. The average molecular weight is 291 g/mol. The smallest absolute Gasteiger partial charge is 0.196 e. The van der Waals surface area contributed by atoms with Crippen LogP contribution in [0.5, 0.6) is 0 Å². The molecule has 0 spiro atoms. The van der Waals surface area contributed by atoms with Crippen molar-refractivity contribution in [3.63, 3.8) is 0 Å². The minimum absolute atomic E-state index is 0.0967. The van der Waals surface area contributed by atoms with E-state index in [1.165, 1.54) is 0 Å². The Hall–Kier alpha value is -1.68. The number of nitrogens with two attached hydrogens (primary N) is 1. The van der Waals surface area contributed by atoms with Crippen molar-refractivity contribution in [3.8, 4) is 0 Å². The minimum Gasteiger partial charge on any atom is -0.383 e. The van der Waals surface area contributed by atoms with Gasteiger partial charge in [-0.05, 0) is 42.8 Å². The molecule has 1 heterocycles. The number of aryl methyl sites for hydroxylation is 1. The molecule has 0 radical (unpaired) electrons. The van der Waals surface area contributed by atoms with Crippen LogP contribution >= 0.6 is 15.9 Å². The molecule has 1 aromatic heterocycles. The Kier molecular flexibility index (Phi) is 3.24. The second kappa shape index (κ2) is 4.67. The van der Waals surface area contributed by atoms with Gasteiger partial charge in [0.05, 0.1) is 5.56 Å². The first kappa shape index (κ1) is 11.8. The number of rotatable bonds is 2. The fourth-order valence-electron chi connectivity index (χ4n) is 1.64. The van der Waals surface area contributed by atoms with E-state index in [1.54, 1.807) is 24.4 Å². The number of benzene rings is 1. The van der Waals surface area contributed by atoms with E-state index in [9.17, 15) is 4.79 Å². The number of nitrogens with zero attached hydrogens (tertiary/aromatic N) is 1. The summed E-state index contributed by atoms with van der Waals surface area (Å²) in [5.41, 5.74) is 7.70. The highest BCUT2D eigenvalue weighted by Crippen LogP contribution is 2.20. The Bertz CT molecular complexity index is 581. The van der Waals surface area contributed by atoms with Crippen LogP contribution in [0.25, 0.3) is 0 Å². The molecule has 86 valence electrons. The van der Waals surface area contributed by atoms with E-state index < -0.39 is 0 Å². The SMILES string of the molecule is Cc1cc(Br)ccc1C(=O)c1cccnc1N. The molecule has 0 atom stereocenters. The van der Waals surface area contributed by atoms with Gasteiger partial charge in [0.1, 0.15) is 5.82 Å². The zero-order chi connectivity index (χ0) is 12.4. The van der Waals surface area contributed by atoms with Crippen molar-refractivity contribution < 1.29 is 4.79 Å². The van der Waals surface area contributed by atoms with Gasteiger partial charge in [0.15, 0.2) is 5.78 Å². The maximum Gasteiger partial charge on any atom is 0.196 e. The summed E-state index contributed by atoms with van der Waals surface area (Å²) in [7, 11) is 0. The van der Waals surface area contributed by atoms with Crippen LogP contribution in [0.1, 0.15) is 21.5 Å². The molecule has 2 rings (SSSR count). The number of carbonyl (C=O) groups is 1. The molecule has 0 aliphatic heterocycles. The van der Waals surface area contributed by atoms with Crippen LogP contribution in [0.4, 0.5) is 5.82 Å². The number of hydrogen-bond acceptors (Lipinski definition) is 3.